The average molecular weight is 331 g/mol. The van der Waals surface area contributed by atoms with Gasteiger partial charge in [0.25, 0.3) is 0 Å². The predicted octanol–water partition coefficient (Wildman–Crippen LogP) is 5.61. The molecule has 0 aliphatic heterocycles. The molecule has 6 heteroatoms. The van der Waals surface area contributed by atoms with E-state index in [-0.39, 0.29) is 5.92 Å². The molecule has 0 amide bonds. The molecule has 0 fully saturated rings. The van der Waals surface area contributed by atoms with E-state index < -0.39 is 0 Å². The number of aromatic nitrogens is 2. The van der Waals surface area contributed by atoms with Gasteiger partial charge in [0.05, 0.1) is 10.7 Å². The fourth-order valence-electron chi connectivity index (χ4n) is 1.64. The Balaban J connectivity index is 2.37. The SMILES string of the molecule is Cc1cc(Cl)c(Nc2cc(Cl)nc(C(C)C)n2)cc1Cl. The largest absolute Gasteiger partial charge is 0.339 e. The molecule has 1 aromatic carbocycles. The van der Waals surface area contributed by atoms with Crippen molar-refractivity contribution < 1.29 is 0 Å². The highest BCUT2D eigenvalue weighted by Gasteiger charge is 2.10. The van der Waals surface area contributed by atoms with Crippen LogP contribution in [0.3, 0.4) is 0 Å². The Bertz CT molecular complexity index is 642. The number of halogens is 3. The lowest BCUT2D eigenvalue weighted by Gasteiger charge is -2.12. The quantitative estimate of drug-likeness (QED) is 0.743. The standard InChI is InChI=1S/C14H14Cl3N3/c1-7(2)14-19-12(17)6-13(20-14)18-11-5-9(15)8(3)4-10(11)16/h4-7H,1-3H3,(H,18,19,20). The number of hydrogen-bond donors (Lipinski definition) is 1. The van der Waals surface area contributed by atoms with Crippen molar-refractivity contribution in [3.05, 3.63) is 44.8 Å². The molecule has 0 atom stereocenters. The number of aryl methyl sites for hydroxylation is 1. The topological polar surface area (TPSA) is 37.8 Å². The predicted molar refractivity (Wildman–Crippen MR) is 85.6 cm³/mol. The Hall–Kier alpha value is -1.03. The second-order valence-corrected chi connectivity index (χ2v) is 6.00. The van der Waals surface area contributed by atoms with Crippen LogP contribution in [0.25, 0.3) is 0 Å². The lowest BCUT2D eigenvalue weighted by Crippen LogP contribution is -2.02. The molecule has 0 radical (unpaired) electrons. The van der Waals surface area contributed by atoms with Crippen molar-refractivity contribution in [1.29, 1.82) is 0 Å². The van der Waals surface area contributed by atoms with Gasteiger partial charge >= 0.3 is 0 Å². The number of anilines is 2. The number of nitrogens with one attached hydrogen (secondary N) is 1. The third kappa shape index (κ3) is 3.54. The molecule has 0 saturated heterocycles. The van der Waals surface area contributed by atoms with Gasteiger partial charge in [-0.15, -0.1) is 0 Å². The van der Waals surface area contributed by atoms with Gasteiger partial charge in [0.2, 0.25) is 0 Å². The second kappa shape index (κ2) is 6.17. The van der Waals surface area contributed by atoms with Crippen molar-refractivity contribution in [3.8, 4) is 0 Å². The Morgan fingerprint density at radius 1 is 1.00 bits per heavy atom. The van der Waals surface area contributed by atoms with E-state index in [1.807, 2.05) is 20.8 Å². The Kier molecular flexibility index (Phi) is 4.74. The highest BCUT2D eigenvalue weighted by Crippen LogP contribution is 2.31. The van der Waals surface area contributed by atoms with Crippen molar-refractivity contribution in [2.45, 2.75) is 26.7 Å². The van der Waals surface area contributed by atoms with E-state index in [9.17, 15) is 0 Å². The van der Waals surface area contributed by atoms with Crippen molar-refractivity contribution in [2.75, 3.05) is 5.32 Å². The molecule has 0 aliphatic rings. The number of nitrogens with zero attached hydrogens (tertiary/aromatic N) is 2. The summed E-state index contributed by atoms with van der Waals surface area (Å²) in [6.45, 7) is 5.91. The number of hydrogen-bond acceptors (Lipinski definition) is 3. The van der Waals surface area contributed by atoms with Crippen LogP contribution in [0.5, 0.6) is 0 Å². The molecule has 20 heavy (non-hydrogen) atoms. The van der Waals surface area contributed by atoms with Crippen LogP contribution in [0.1, 0.15) is 31.2 Å². The molecule has 1 heterocycles. The molecule has 0 saturated carbocycles. The molecule has 0 aliphatic carbocycles. The Labute approximate surface area is 133 Å². The normalized spacial score (nSPS) is 10.9. The maximum Gasteiger partial charge on any atom is 0.135 e. The van der Waals surface area contributed by atoms with Gasteiger partial charge in [-0.3, -0.25) is 0 Å². The first-order valence-electron chi connectivity index (χ1n) is 6.14. The van der Waals surface area contributed by atoms with E-state index in [1.165, 1.54) is 0 Å². The van der Waals surface area contributed by atoms with Crippen molar-refractivity contribution >= 4 is 46.3 Å². The summed E-state index contributed by atoms with van der Waals surface area (Å²) < 4.78 is 0. The van der Waals surface area contributed by atoms with E-state index in [2.05, 4.69) is 15.3 Å². The summed E-state index contributed by atoms with van der Waals surface area (Å²) in [6.07, 6.45) is 0. The zero-order chi connectivity index (χ0) is 14.9. The number of benzene rings is 1. The molecule has 0 unspecified atom stereocenters. The van der Waals surface area contributed by atoms with Gasteiger partial charge < -0.3 is 5.32 Å². The van der Waals surface area contributed by atoms with E-state index in [1.54, 1.807) is 18.2 Å². The van der Waals surface area contributed by atoms with Crippen molar-refractivity contribution in [3.63, 3.8) is 0 Å². The maximum absolute atomic E-state index is 6.20. The summed E-state index contributed by atoms with van der Waals surface area (Å²) in [5.74, 6) is 1.45. The van der Waals surface area contributed by atoms with Gasteiger partial charge in [-0.2, -0.15) is 0 Å². The summed E-state index contributed by atoms with van der Waals surface area (Å²) in [6, 6.07) is 5.22. The monoisotopic (exact) mass is 329 g/mol. The molecular formula is C14H14Cl3N3. The Morgan fingerprint density at radius 2 is 1.70 bits per heavy atom. The fourth-order valence-corrected chi connectivity index (χ4v) is 2.26. The molecule has 1 aromatic heterocycles. The van der Waals surface area contributed by atoms with Gasteiger partial charge in [0.1, 0.15) is 16.8 Å². The van der Waals surface area contributed by atoms with E-state index >= 15 is 0 Å². The zero-order valence-electron chi connectivity index (χ0n) is 11.3. The average Bonchev–Trinajstić information content (AvgIpc) is 2.35. The minimum Gasteiger partial charge on any atom is -0.339 e. The molecule has 3 nitrogen and oxygen atoms in total. The van der Waals surface area contributed by atoms with Crippen LogP contribution in [-0.4, -0.2) is 9.97 Å². The minimum absolute atomic E-state index is 0.186. The van der Waals surface area contributed by atoms with E-state index in [0.717, 1.165) is 5.56 Å². The van der Waals surface area contributed by atoms with Crippen LogP contribution in [0, 0.1) is 6.92 Å². The molecular weight excluding hydrogens is 317 g/mol. The van der Waals surface area contributed by atoms with Gasteiger partial charge in [0.15, 0.2) is 0 Å². The molecule has 2 rings (SSSR count). The third-order valence-corrected chi connectivity index (χ3v) is 3.65. The molecule has 0 bridgehead atoms. The van der Waals surface area contributed by atoms with Crippen molar-refractivity contribution in [2.24, 2.45) is 0 Å². The summed E-state index contributed by atoms with van der Waals surface area (Å²) >= 11 is 18.3. The van der Waals surface area contributed by atoms with Crippen molar-refractivity contribution in [1.82, 2.24) is 9.97 Å². The smallest absolute Gasteiger partial charge is 0.135 e. The van der Waals surface area contributed by atoms with Crippen LogP contribution in [0.2, 0.25) is 15.2 Å². The van der Waals surface area contributed by atoms with Gasteiger partial charge in [0, 0.05) is 17.0 Å². The molecule has 2 aromatic rings. The first kappa shape index (κ1) is 15.4. The van der Waals surface area contributed by atoms with E-state index in [4.69, 9.17) is 34.8 Å². The second-order valence-electron chi connectivity index (χ2n) is 4.80. The van der Waals surface area contributed by atoms with Gasteiger partial charge in [-0.25, -0.2) is 9.97 Å². The summed E-state index contributed by atoms with van der Waals surface area (Å²) in [7, 11) is 0. The zero-order valence-corrected chi connectivity index (χ0v) is 13.6. The van der Waals surface area contributed by atoms with Crippen LogP contribution >= 0.6 is 34.8 Å². The first-order chi connectivity index (χ1) is 9.36. The Morgan fingerprint density at radius 3 is 2.35 bits per heavy atom. The van der Waals surface area contributed by atoms with Crippen LogP contribution < -0.4 is 5.32 Å². The highest BCUT2D eigenvalue weighted by atomic mass is 35.5. The third-order valence-electron chi connectivity index (χ3n) is 2.74. The van der Waals surface area contributed by atoms with Crippen LogP contribution in [0.15, 0.2) is 18.2 Å². The van der Waals surface area contributed by atoms with Gasteiger partial charge in [-0.05, 0) is 24.6 Å². The van der Waals surface area contributed by atoms with E-state index in [0.29, 0.717) is 32.5 Å². The fraction of sp³-hybridized carbons (Fsp3) is 0.286. The molecule has 106 valence electrons. The summed E-state index contributed by atoms with van der Waals surface area (Å²) in [5.41, 5.74) is 1.61. The lowest BCUT2D eigenvalue weighted by molar-refractivity contribution is 0.776. The minimum atomic E-state index is 0.186. The lowest BCUT2D eigenvalue weighted by atomic mass is 10.2. The first-order valence-corrected chi connectivity index (χ1v) is 7.27. The maximum atomic E-state index is 6.20. The summed E-state index contributed by atoms with van der Waals surface area (Å²) in [4.78, 5) is 8.60. The van der Waals surface area contributed by atoms with Gasteiger partial charge in [-0.1, -0.05) is 48.7 Å². The van der Waals surface area contributed by atoms with Crippen LogP contribution in [0.4, 0.5) is 11.5 Å². The summed E-state index contributed by atoms with van der Waals surface area (Å²) in [5, 5.41) is 4.73. The molecule has 0 spiro atoms. The van der Waals surface area contributed by atoms with Crippen LogP contribution in [-0.2, 0) is 0 Å². The number of rotatable bonds is 3. The highest BCUT2D eigenvalue weighted by molar-refractivity contribution is 6.36. The molecule has 1 N–H and O–H groups in total.